The van der Waals surface area contributed by atoms with Crippen molar-refractivity contribution < 1.29 is 24.2 Å². The molecule has 172 valence electrons. The van der Waals surface area contributed by atoms with Crippen LogP contribution in [0.5, 0.6) is 5.75 Å². The average molecular weight is 450 g/mol. The molecule has 0 saturated carbocycles. The van der Waals surface area contributed by atoms with Crippen LogP contribution in [0.25, 0.3) is 0 Å². The molecule has 3 amide bonds. The molecule has 33 heavy (non-hydrogen) atoms. The number of nitrogens with zero attached hydrogens (tertiary/aromatic N) is 1. The van der Waals surface area contributed by atoms with E-state index < -0.39 is 23.4 Å². The lowest BCUT2D eigenvalue weighted by Crippen LogP contribution is -2.53. The molecule has 4 atom stereocenters. The molecule has 8 nitrogen and oxygen atoms in total. The number of anilines is 1. The first kappa shape index (κ1) is 21.6. The van der Waals surface area contributed by atoms with E-state index in [0.29, 0.717) is 6.42 Å². The van der Waals surface area contributed by atoms with E-state index in [1.54, 1.807) is 24.3 Å². The number of methoxy groups -OCH3 is 1. The van der Waals surface area contributed by atoms with Gasteiger partial charge in [0.1, 0.15) is 11.3 Å². The summed E-state index contributed by atoms with van der Waals surface area (Å²) < 4.78 is 5.12. The summed E-state index contributed by atoms with van der Waals surface area (Å²) in [5.41, 5.74) is 2.05. The third-order valence-corrected chi connectivity index (χ3v) is 7.22. The van der Waals surface area contributed by atoms with E-state index in [1.165, 1.54) is 12.0 Å². The summed E-state index contributed by atoms with van der Waals surface area (Å²) in [6, 6.07) is 12.1. The summed E-state index contributed by atoms with van der Waals surface area (Å²) in [7, 11) is 1.52. The number of hydrogen-bond donors (Lipinski definition) is 3. The number of aryl methyl sites for hydroxylation is 1. The molecule has 2 aromatic carbocycles. The third-order valence-electron chi connectivity index (χ3n) is 7.22. The summed E-state index contributed by atoms with van der Waals surface area (Å²) in [6.07, 6.45) is 1.17. The molecule has 0 radical (unpaired) electrons. The molecule has 1 spiro atoms. The Labute approximate surface area is 191 Å². The van der Waals surface area contributed by atoms with Gasteiger partial charge >= 0.3 is 0 Å². The number of benzene rings is 2. The second-order valence-electron chi connectivity index (χ2n) is 8.90. The molecule has 0 aromatic heterocycles. The number of fused-ring (bicyclic) bond motifs is 4. The maximum absolute atomic E-state index is 13.6. The molecule has 3 heterocycles. The van der Waals surface area contributed by atoms with Crippen LogP contribution in [0.1, 0.15) is 23.6 Å². The number of ether oxygens (including phenoxy) is 1. The van der Waals surface area contributed by atoms with Gasteiger partial charge in [0.15, 0.2) is 0 Å². The van der Waals surface area contributed by atoms with Gasteiger partial charge in [-0.15, -0.1) is 0 Å². The van der Waals surface area contributed by atoms with E-state index in [9.17, 15) is 19.5 Å². The van der Waals surface area contributed by atoms with Crippen LogP contribution >= 0.6 is 0 Å². The van der Waals surface area contributed by atoms with Gasteiger partial charge in [-0.2, -0.15) is 0 Å². The van der Waals surface area contributed by atoms with E-state index in [-0.39, 0.29) is 36.6 Å². The van der Waals surface area contributed by atoms with Crippen LogP contribution in [-0.4, -0.2) is 54.0 Å². The lowest BCUT2D eigenvalue weighted by Gasteiger charge is -2.29. The van der Waals surface area contributed by atoms with Crippen molar-refractivity contribution in [3.8, 4) is 5.75 Å². The Morgan fingerprint density at radius 2 is 1.85 bits per heavy atom. The molecule has 0 aliphatic carbocycles. The molecule has 4 unspecified atom stereocenters. The maximum Gasteiger partial charge on any atom is 0.250 e. The topological polar surface area (TPSA) is 108 Å². The van der Waals surface area contributed by atoms with Gasteiger partial charge in [0.25, 0.3) is 0 Å². The molecule has 3 N–H and O–H groups in total. The SMILES string of the molecule is CCc1cccc2c1NC(=O)C21NC(Cc2ccc(O)cc2)C2C(=O)N(CCOC)C(=O)C21. The fourth-order valence-electron chi connectivity index (χ4n) is 5.71. The number of phenols is 1. The predicted molar refractivity (Wildman–Crippen MR) is 120 cm³/mol. The molecule has 3 aliphatic heterocycles. The molecular weight excluding hydrogens is 422 g/mol. The monoisotopic (exact) mass is 449 g/mol. The van der Waals surface area contributed by atoms with E-state index in [2.05, 4.69) is 10.6 Å². The minimum atomic E-state index is -1.30. The van der Waals surface area contributed by atoms with Gasteiger partial charge in [0.2, 0.25) is 17.7 Å². The highest BCUT2D eigenvalue weighted by molar-refractivity contribution is 6.15. The number of aromatic hydroxyl groups is 1. The zero-order valence-electron chi connectivity index (χ0n) is 18.6. The minimum Gasteiger partial charge on any atom is -0.508 e. The van der Waals surface area contributed by atoms with E-state index in [1.807, 2.05) is 25.1 Å². The first-order valence-corrected chi connectivity index (χ1v) is 11.3. The molecule has 2 saturated heterocycles. The standard InChI is InChI=1S/C25H27N3O5/c1-3-15-5-4-6-17-21(15)26-24(32)25(17)20-19(22(30)28(23(20)31)11-12-33-2)18(27-25)13-14-7-9-16(29)10-8-14/h4-10,18-20,27,29H,3,11-13H2,1-2H3,(H,26,32). The predicted octanol–water partition coefficient (Wildman–Crippen LogP) is 1.56. The van der Waals surface area contributed by atoms with Crippen molar-refractivity contribution in [1.29, 1.82) is 0 Å². The second-order valence-corrected chi connectivity index (χ2v) is 8.90. The first-order valence-electron chi connectivity index (χ1n) is 11.3. The van der Waals surface area contributed by atoms with Crippen LogP contribution in [0.2, 0.25) is 0 Å². The van der Waals surface area contributed by atoms with Crippen molar-refractivity contribution in [2.24, 2.45) is 11.8 Å². The highest BCUT2D eigenvalue weighted by atomic mass is 16.5. The lowest BCUT2D eigenvalue weighted by molar-refractivity contribution is -0.143. The summed E-state index contributed by atoms with van der Waals surface area (Å²) in [4.78, 5) is 41.9. The maximum atomic E-state index is 13.6. The molecular formula is C25H27N3O5. The summed E-state index contributed by atoms with van der Waals surface area (Å²) in [5, 5.41) is 16.1. The van der Waals surface area contributed by atoms with Gasteiger partial charge in [0, 0.05) is 24.4 Å². The molecule has 2 aromatic rings. The quantitative estimate of drug-likeness (QED) is 0.578. The molecule has 2 fully saturated rings. The molecule has 0 bridgehead atoms. The molecule has 8 heteroatoms. The zero-order valence-corrected chi connectivity index (χ0v) is 18.6. The fraction of sp³-hybridized carbons (Fsp3) is 0.400. The molecule has 5 rings (SSSR count). The Hall–Kier alpha value is -3.23. The van der Waals surface area contributed by atoms with Crippen LogP contribution in [0.3, 0.4) is 0 Å². The normalized spacial score (nSPS) is 27.9. The molecule has 3 aliphatic rings. The number of amides is 3. The van der Waals surface area contributed by atoms with Gasteiger partial charge < -0.3 is 15.2 Å². The van der Waals surface area contributed by atoms with Crippen molar-refractivity contribution in [2.75, 3.05) is 25.6 Å². The Morgan fingerprint density at radius 3 is 2.55 bits per heavy atom. The fourth-order valence-corrected chi connectivity index (χ4v) is 5.71. The number of likely N-dealkylation sites (tertiary alicyclic amines) is 1. The highest BCUT2D eigenvalue weighted by Gasteiger charge is 2.70. The number of para-hydroxylation sites is 1. The average Bonchev–Trinajstić information content (AvgIpc) is 3.38. The Kier molecular flexibility index (Phi) is 5.22. The number of carbonyl (C=O) groups excluding carboxylic acids is 3. The number of rotatable bonds is 6. The minimum absolute atomic E-state index is 0.154. The van der Waals surface area contributed by atoms with Crippen LogP contribution in [0, 0.1) is 11.8 Å². The van der Waals surface area contributed by atoms with Gasteiger partial charge in [0.05, 0.1) is 25.0 Å². The lowest BCUT2D eigenvalue weighted by atomic mass is 9.76. The van der Waals surface area contributed by atoms with Crippen molar-refractivity contribution in [2.45, 2.75) is 31.3 Å². The van der Waals surface area contributed by atoms with Gasteiger partial charge in [-0.3, -0.25) is 24.6 Å². The smallest absolute Gasteiger partial charge is 0.250 e. The number of imide groups is 1. The van der Waals surface area contributed by atoms with Crippen molar-refractivity contribution in [3.63, 3.8) is 0 Å². The van der Waals surface area contributed by atoms with Crippen molar-refractivity contribution >= 4 is 23.4 Å². The second kappa shape index (κ2) is 7.97. The van der Waals surface area contributed by atoms with Crippen LogP contribution in [-0.2, 0) is 37.5 Å². The van der Waals surface area contributed by atoms with Crippen LogP contribution < -0.4 is 10.6 Å². The van der Waals surface area contributed by atoms with Gasteiger partial charge in [-0.1, -0.05) is 37.3 Å². The number of nitrogens with one attached hydrogen (secondary N) is 2. The summed E-state index contributed by atoms with van der Waals surface area (Å²) in [6.45, 7) is 2.41. The van der Waals surface area contributed by atoms with Crippen molar-refractivity contribution in [3.05, 3.63) is 59.2 Å². The largest absolute Gasteiger partial charge is 0.508 e. The van der Waals surface area contributed by atoms with E-state index in [0.717, 1.165) is 28.8 Å². The highest BCUT2D eigenvalue weighted by Crippen LogP contribution is 2.53. The number of phenolic OH excluding ortho intramolecular Hbond substituents is 1. The Balaban J connectivity index is 1.61. The zero-order chi connectivity index (χ0) is 23.3. The summed E-state index contributed by atoms with van der Waals surface area (Å²) in [5.74, 6) is -2.27. The Bertz CT molecular complexity index is 1130. The summed E-state index contributed by atoms with van der Waals surface area (Å²) >= 11 is 0. The number of carbonyl (C=O) groups is 3. The van der Waals surface area contributed by atoms with Gasteiger partial charge in [-0.05, 0) is 36.1 Å². The third kappa shape index (κ3) is 3.08. The van der Waals surface area contributed by atoms with E-state index >= 15 is 0 Å². The van der Waals surface area contributed by atoms with Crippen molar-refractivity contribution in [1.82, 2.24) is 10.2 Å². The van der Waals surface area contributed by atoms with Gasteiger partial charge in [-0.25, -0.2) is 0 Å². The Morgan fingerprint density at radius 1 is 1.09 bits per heavy atom. The first-order chi connectivity index (χ1) is 15.9. The van der Waals surface area contributed by atoms with Crippen LogP contribution in [0.4, 0.5) is 5.69 Å². The number of hydrogen-bond acceptors (Lipinski definition) is 6. The van der Waals surface area contributed by atoms with Crippen LogP contribution in [0.15, 0.2) is 42.5 Å². The van der Waals surface area contributed by atoms with E-state index in [4.69, 9.17) is 4.74 Å².